The summed E-state index contributed by atoms with van der Waals surface area (Å²) in [5.41, 5.74) is 2.54. The lowest BCUT2D eigenvalue weighted by Crippen LogP contribution is -2.23. The van der Waals surface area contributed by atoms with E-state index in [9.17, 15) is 9.90 Å². The normalized spacial score (nSPS) is 10.4. The third kappa shape index (κ3) is 3.62. The predicted octanol–water partition coefficient (Wildman–Crippen LogP) is 3.49. The van der Waals surface area contributed by atoms with Crippen molar-refractivity contribution in [3.8, 4) is 5.75 Å². The minimum absolute atomic E-state index is 0.0329. The highest BCUT2D eigenvalue weighted by Gasteiger charge is 2.02. The largest absolute Gasteiger partial charge is 0.506 e. The van der Waals surface area contributed by atoms with Crippen molar-refractivity contribution in [2.45, 2.75) is 6.92 Å². The highest BCUT2D eigenvalue weighted by atomic mass is 16.3. The number of para-hydroxylation sites is 2. The fourth-order valence-corrected chi connectivity index (χ4v) is 1.72. The zero-order valence-electron chi connectivity index (χ0n) is 11.1. The summed E-state index contributed by atoms with van der Waals surface area (Å²) in [7, 11) is 0. The molecule has 0 spiro atoms. The molecular weight excluding hydrogens is 252 g/mol. The Labute approximate surface area is 117 Å². The Hall–Kier alpha value is -2.75. The molecule has 0 aliphatic rings. The molecule has 4 heteroatoms. The van der Waals surface area contributed by atoms with E-state index in [-0.39, 0.29) is 5.75 Å². The number of aromatic hydroxyl groups is 1. The lowest BCUT2D eigenvalue weighted by molar-refractivity contribution is 0.255. The van der Waals surface area contributed by atoms with E-state index in [1.54, 1.807) is 24.4 Å². The monoisotopic (exact) mass is 268 g/mol. The second-order valence-electron chi connectivity index (χ2n) is 4.31. The van der Waals surface area contributed by atoms with Crippen LogP contribution in [-0.2, 0) is 0 Å². The fourth-order valence-electron chi connectivity index (χ4n) is 1.72. The Bertz CT molecular complexity index is 636. The molecule has 0 saturated carbocycles. The van der Waals surface area contributed by atoms with E-state index in [1.165, 1.54) is 6.07 Å². The number of aryl methyl sites for hydroxylation is 1. The number of carbonyl (C=O) groups is 1. The number of carbonyl (C=O) groups excluding carboxylic acids is 1. The molecule has 2 rings (SSSR count). The van der Waals surface area contributed by atoms with Crippen molar-refractivity contribution in [3.63, 3.8) is 0 Å². The van der Waals surface area contributed by atoms with Gasteiger partial charge in [0.1, 0.15) is 5.75 Å². The number of phenols is 1. The summed E-state index contributed by atoms with van der Waals surface area (Å²) < 4.78 is 0. The molecule has 0 atom stereocenters. The maximum absolute atomic E-state index is 11.7. The molecule has 3 N–H and O–H groups in total. The lowest BCUT2D eigenvalue weighted by atomic mass is 10.1. The smallest absolute Gasteiger partial charge is 0.323 e. The van der Waals surface area contributed by atoms with E-state index in [1.807, 2.05) is 37.3 Å². The summed E-state index contributed by atoms with van der Waals surface area (Å²) in [6, 6.07) is 14.0. The van der Waals surface area contributed by atoms with Crippen molar-refractivity contribution in [2.24, 2.45) is 0 Å². The first-order valence-corrected chi connectivity index (χ1v) is 6.24. The number of hydrogen-bond acceptors (Lipinski definition) is 2. The first kappa shape index (κ1) is 13.7. The molecular formula is C16H16N2O2. The van der Waals surface area contributed by atoms with Gasteiger partial charge in [0.25, 0.3) is 0 Å². The van der Waals surface area contributed by atoms with Crippen LogP contribution in [0.1, 0.15) is 11.1 Å². The van der Waals surface area contributed by atoms with Crippen LogP contribution in [0.25, 0.3) is 6.08 Å². The van der Waals surface area contributed by atoms with Gasteiger partial charge in [-0.15, -0.1) is 0 Å². The number of amides is 2. The minimum atomic E-state index is -0.406. The first-order valence-electron chi connectivity index (χ1n) is 6.24. The van der Waals surface area contributed by atoms with Gasteiger partial charge >= 0.3 is 6.03 Å². The molecule has 0 aliphatic carbocycles. The summed E-state index contributed by atoms with van der Waals surface area (Å²) in [5.74, 6) is 0.0329. The van der Waals surface area contributed by atoms with Gasteiger partial charge in [0, 0.05) is 6.20 Å². The number of phenolic OH excluding ortho intramolecular Hbond substituents is 1. The van der Waals surface area contributed by atoms with Crippen molar-refractivity contribution in [1.82, 2.24) is 5.32 Å². The molecule has 4 nitrogen and oxygen atoms in total. The molecule has 2 aromatic carbocycles. The van der Waals surface area contributed by atoms with Gasteiger partial charge in [0.15, 0.2) is 0 Å². The number of anilines is 1. The van der Waals surface area contributed by atoms with Gasteiger partial charge in [-0.25, -0.2) is 4.79 Å². The van der Waals surface area contributed by atoms with Crippen molar-refractivity contribution in [1.29, 1.82) is 0 Å². The maximum Gasteiger partial charge on any atom is 0.323 e. The van der Waals surface area contributed by atoms with Crippen molar-refractivity contribution in [3.05, 3.63) is 65.9 Å². The van der Waals surface area contributed by atoms with Crippen LogP contribution in [-0.4, -0.2) is 11.1 Å². The minimum Gasteiger partial charge on any atom is -0.506 e. The van der Waals surface area contributed by atoms with E-state index in [4.69, 9.17) is 0 Å². The second-order valence-corrected chi connectivity index (χ2v) is 4.31. The zero-order chi connectivity index (χ0) is 14.4. The highest BCUT2D eigenvalue weighted by Crippen LogP contribution is 2.21. The van der Waals surface area contributed by atoms with Crippen LogP contribution < -0.4 is 10.6 Å². The highest BCUT2D eigenvalue weighted by molar-refractivity contribution is 5.91. The van der Waals surface area contributed by atoms with Crippen LogP contribution in [0.4, 0.5) is 10.5 Å². The van der Waals surface area contributed by atoms with E-state index < -0.39 is 6.03 Å². The maximum atomic E-state index is 11.7. The zero-order valence-corrected chi connectivity index (χ0v) is 11.1. The number of rotatable bonds is 3. The Balaban J connectivity index is 1.93. The summed E-state index contributed by atoms with van der Waals surface area (Å²) in [6.07, 6.45) is 3.39. The number of nitrogens with one attached hydrogen (secondary N) is 2. The van der Waals surface area contributed by atoms with Gasteiger partial charge < -0.3 is 15.7 Å². The summed E-state index contributed by atoms with van der Waals surface area (Å²) in [5, 5.41) is 14.7. The molecule has 0 unspecified atom stereocenters. The van der Waals surface area contributed by atoms with Crippen LogP contribution in [0.3, 0.4) is 0 Å². The van der Waals surface area contributed by atoms with Crippen LogP contribution >= 0.6 is 0 Å². The summed E-state index contributed by atoms with van der Waals surface area (Å²) in [6.45, 7) is 2.00. The third-order valence-corrected chi connectivity index (χ3v) is 2.82. The second kappa shape index (κ2) is 6.43. The van der Waals surface area contributed by atoms with Gasteiger partial charge in [-0.1, -0.05) is 36.4 Å². The SMILES string of the molecule is Cc1ccccc1/C=C/NC(=O)Nc1ccccc1O. The van der Waals surface area contributed by atoms with E-state index in [2.05, 4.69) is 10.6 Å². The van der Waals surface area contributed by atoms with Gasteiger partial charge in [0.2, 0.25) is 0 Å². The Morgan fingerprint density at radius 2 is 1.80 bits per heavy atom. The number of hydrogen-bond donors (Lipinski definition) is 3. The molecule has 0 aliphatic heterocycles. The molecule has 2 aromatic rings. The topological polar surface area (TPSA) is 61.4 Å². The predicted molar refractivity (Wildman–Crippen MR) is 80.5 cm³/mol. The van der Waals surface area contributed by atoms with Gasteiger partial charge in [-0.3, -0.25) is 0 Å². The fraction of sp³-hybridized carbons (Fsp3) is 0.0625. The summed E-state index contributed by atoms with van der Waals surface area (Å²) >= 11 is 0. The number of urea groups is 1. The molecule has 0 fully saturated rings. The van der Waals surface area contributed by atoms with Gasteiger partial charge in [-0.2, -0.15) is 0 Å². The average Bonchev–Trinajstić information content (AvgIpc) is 2.43. The Kier molecular flexibility index (Phi) is 4.39. The van der Waals surface area contributed by atoms with Crippen LogP contribution in [0.15, 0.2) is 54.7 Å². The standard InChI is InChI=1S/C16H16N2O2/c1-12-6-2-3-7-13(12)10-11-17-16(20)18-14-8-4-5-9-15(14)19/h2-11,19H,1H3,(H2,17,18,20)/b11-10+. The molecule has 0 saturated heterocycles. The van der Waals surface area contributed by atoms with Crippen molar-refractivity contribution in [2.75, 3.05) is 5.32 Å². The lowest BCUT2D eigenvalue weighted by Gasteiger charge is -2.06. The molecule has 0 bridgehead atoms. The Morgan fingerprint density at radius 3 is 2.55 bits per heavy atom. The van der Waals surface area contributed by atoms with Crippen LogP contribution in [0.2, 0.25) is 0 Å². The molecule has 0 radical (unpaired) electrons. The Morgan fingerprint density at radius 1 is 1.10 bits per heavy atom. The molecule has 0 aromatic heterocycles. The van der Waals surface area contributed by atoms with Gasteiger partial charge in [-0.05, 0) is 36.3 Å². The van der Waals surface area contributed by atoms with E-state index >= 15 is 0 Å². The average molecular weight is 268 g/mol. The quantitative estimate of drug-likeness (QED) is 0.746. The van der Waals surface area contributed by atoms with E-state index in [0.29, 0.717) is 5.69 Å². The van der Waals surface area contributed by atoms with E-state index in [0.717, 1.165) is 11.1 Å². The molecule has 102 valence electrons. The third-order valence-electron chi connectivity index (χ3n) is 2.82. The van der Waals surface area contributed by atoms with Crippen LogP contribution in [0, 0.1) is 6.92 Å². The van der Waals surface area contributed by atoms with Crippen molar-refractivity contribution < 1.29 is 9.90 Å². The van der Waals surface area contributed by atoms with Gasteiger partial charge in [0.05, 0.1) is 5.69 Å². The molecule has 0 heterocycles. The number of benzene rings is 2. The van der Waals surface area contributed by atoms with Crippen LogP contribution in [0.5, 0.6) is 5.75 Å². The summed E-state index contributed by atoms with van der Waals surface area (Å²) in [4.78, 5) is 11.7. The van der Waals surface area contributed by atoms with Crippen molar-refractivity contribution >= 4 is 17.8 Å². The molecule has 2 amide bonds. The first-order chi connectivity index (χ1) is 9.66. The molecule has 20 heavy (non-hydrogen) atoms.